The minimum atomic E-state index is -0.804. The molecule has 2 aromatic rings. The zero-order chi connectivity index (χ0) is 28.0. The van der Waals surface area contributed by atoms with Gasteiger partial charge < -0.3 is 29.5 Å². The molecule has 3 unspecified atom stereocenters. The largest absolute Gasteiger partial charge is 0.507 e. The quantitative estimate of drug-likeness (QED) is 0.334. The molecule has 0 bridgehead atoms. The van der Waals surface area contributed by atoms with Crippen LogP contribution in [-0.4, -0.2) is 67.2 Å². The lowest BCUT2D eigenvalue weighted by molar-refractivity contribution is -0.131. The van der Waals surface area contributed by atoms with Crippen molar-refractivity contribution in [3.05, 3.63) is 35.4 Å². The van der Waals surface area contributed by atoms with Gasteiger partial charge in [0.2, 0.25) is 5.75 Å². The molecular weight excluding hydrogens is 492 g/mol. The van der Waals surface area contributed by atoms with Crippen molar-refractivity contribution in [1.82, 2.24) is 0 Å². The summed E-state index contributed by atoms with van der Waals surface area (Å²) in [5.41, 5.74) is 2.36. The van der Waals surface area contributed by atoms with E-state index >= 15 is 0 Å². The van der Waals surface area contributed by atoms with E-state index in [9.17, 15) is 29.7 Å². The van der Waals surface area contributed by atoms with E-state index in [0.717, 1.165) is 5.56 Å². The summed E-state index contributed by atoms with van der Waals surface area (Å²) in [7, 11) is 4.54. The molecule has 0 saturated carbocycles. The van der Waals surface area contributed by atoms with Gasteiger partial charge in [0.15, 0.2) is 17.3 Å². The third-order valence-corrected chi connectivity index (χ3v) is 7.25. The number of aromatic hydroxyl groups is 1. The summed E-state index contributed by atoms with van der Waals surface area (Å²) in [5.74, 6) is -1.07. The maximum absolute atomic E-state index is 13.3. The maximum Gasteiger partial charge on any atom is 0.203 e. The Hall–Kier alpha value is -3.43. The summed E-state index contributed by atoms with van der Waals surface area (Å²) in [6, 6.07) is 6.78. The number of rotatable bonds is 13. The second kappa shape index (κ2) is 12.9. The van der Waals surface area contributed by atoms with E-state index in [-0.39, 0.29) is 60.4 Å². The smallest absolute Gasteiger partial charge is 0.203 e. The lowest BCUT2D eigenvalue weighted by Gasteiger charge is -2.32. The van der Waals surface area contributed by atoms with Crippen LogP contribution in [0.1, 0.15) is 48.5 Å². The Morgan fingerprint density at radius 1 is 1.03 bits per heavy atom. The molecule has 0 saturated heterocycles. The summed E-state index contributed by atoms with van der Waals surface area (Å²) < 4.78 is 16.4. The van der Waals surface area contributed by atoms with Crippen molar-refractivity contribution >= 4 is 17.3 Å². The van der Waals surface area contributed by atoms with Gasteiger partial charge in [0.1, 0.15) is 17.3 Å². The van der Waals surface area contributed by atoms with Crippen LogP contribution >= 0.6 is 0 Å². The number of ketones is 3. The van der Waals surface area contributed by atoms with Crippen LogP contribution < -0.4 is 14.2 Å². The van der Waals surface area contributed by atoms with E-state index < -0.39 is 18.4 Å². The normalized spacial score (nSPS) is 16.4. The van der Waals surface area contributed by atoms with E-state index in [0.29, 0.717) is 41.2 Å². The molecule has 1 aliphatic rings. The number of aliphatic hydroxyl groups excluding tert-OH is 2. The highest BCUT2D eigenvalue weighted by Crippen LogP contribution is 2.45. The molecule has 0 fully saturated rings. The van der Waals surface area contributed by atoms with E-state index in [1.54, 1.807) is 18.2 Å². The zero-order valence-electron chi connectivity index (χ0n) is 22.3. The number of aliphatic hydroxyl groups is 2. The number of ether oxygens (including phenoxy) is 3. The molecule has 3 atom stereocenters. The number of phenolic OH excluding ortho intramolecular Hbond substituents is 1. The molecule has 0 aliphatic heterocycles. The molecule has 0 radical (unpaired) electrons. The Bertz CT molecular complexity index is 1160. The fourth-order valence-corrected chi connectivity index (χ4v) is 5.52. The van der Waals surface area contributed by atoms with Crippen LogP contribution in [0.3, 0.4) is 0 Å². The van der Waals surface area contributed by atoms with Gasteiger partial charge >= 0.3 is 0 Å². The molecule has 2 aromatic carbocycles. The minimum Gasteiger partial charge on any atom is -0.507 e. The van der Waals surface area contributed by atoms with Gasteiger partial charge in [0.05, 0.1) is 39.9 Å². The van der Waals surface area contributed by atoms with Gasteiger partial charge in [0.25, 0.3) is 0 Å². The molecule has 3 N–H and O–H groups in total. The first-order valence-corrected chi connectivity index (χ1v) is 12.6. The van der Waals surface area contributed by atoms with Crippen molar-refractivity contribution in [3.8, 4) is 34.1 Å². The molecule has 9 heteroatoms. The van der Waals surface area contributed by atoms with Gasteiger partial charge in [-0.2, -0.15) is 0 Å². The average Bonchev–Trinajstić information content (AvgIpc) is 2.87. The predicted octanol–water partition coefficient (Wildman–Crippen LogP) is 3.38. The molecule has 9 nitrogen and oxygen atoms in total. The molecule has 0 aromatic heterocycles. The second-order valence-electron chi connectivity index (χ2n) is 9.74. The first kappa shape index (κ1) is 29.1. The summed E-state index contributed by atoms with van der Waals surface area (Å²) >= 11 is 0. The van der Waals surface area contributed by atoms with E-state index in [1.807, 2.05) is 0 Å². The number of hydrogen-bond donors (Lipinski definition) is 3. The van der Waals surface area contributed by atoms with Crippen LogP contribution in [0.15, 0.2) is 24.3 Å². The number of benzene rings is 2. The third-order valence-electron chi connectivity index (χ3n) is 7.25. The van der Waals surface area contributed by atoms with Gasteiger partial charge in [-0.3, -0.25) is 14.4 Å². The minimum absolute atomic E-state index is 0.101. The number of phenols is 1. The van der Waals surface area contributed by atoms with Crippen LogP contribution in [0.4, 0.5) is 0 Å². The van der Waals surface area contributed by atoms with Gasteiger partial charge in [-0.25, -0.2) is 0 Å². The van der Waals surface area contributed by atoms with Gasteiger partial charge in [-0.15, -0.1) is 0 Å². The standard InChI is InChI=1S/C29H36O9/c1-16(32)9-24(34)22(15-31)18(7-8-30)10-17-11-21-20(5-6-23(33)28(21)25(35)12-17)19-13-26(36-2)29(38-4)27(14-19)37-3/h5-6,13-14,17-18,22,30-31,33H,7-12,15H2,1-4H3. The number of carbonyl (C=O) groups excluding carboxylic acids is 3. The predicted molar refractivity (Wildman–Crippen MR) is 140 cm³/mol. The fourth-order valence-electron chi connectivity index (χ4n) is 5.52. The van der Waals surface area contributed by atoms with E-state index in [2.05, 4.69) is 0 Å². The molecule has 206 valence electrons. The fraction of sp³-hybridized carbons (Fsp3) is 0.483. The van der Waals surface area contributed by atoms with Crippen molar-refractivity contribution < 1.29 is 43.9 Å². The second-order valence-corrected chi connectivity index (χ2v) is 9.74. The molecule has 0 heterocycles. The van der Waals surface area contributed by atoms with E-state index in [1.165, 1.54) is 34.3 Å². The number of Topliss-reactive ketones (excluding diaryl/α,β-unsaturated/α-hetero) is 3. The van der Waals surface area contributed by atoms with Crippen LogP contribution in [0, 0.1) is 17.8 Å². The molecule has 38 heavy (non-hydrogen) atoms. The highest BCUT2D eigenvalue weighted by Gasteiger charge is 2.35. The highest BCUT2D eigenvalue weighted by molar-refractivity contribution is 6.03. The van der Waals surface area contributed by atoms with Crippen LogP contribution in [0.2, 0.25) is 0 Å². The Labute approximate surface area is 222 Å². The highest BCUT2D eigenvalue weighted by atomic mass is 16.5. The summed E-state index contributed by atoms with van der Waals surface area (Å²) in [4.78, 5) is 37.4. The van der Waals surface area contributed by atoms with Crippen molar-refractivity contribution in [3.63, 3.8) is 0 Å². The Morgan fingerprint density at radius 3 is 2.21 bits per heavy atom. The van der Waals surface area contributed by atoms with Gasteiger partial charge in [-0.1, -0.05) is 6.07 Å². The number of carbonyl (C=O) groups is 3. The van der Waals surface area contributed by atoms with Crippen LogP contribution in [0.25, 0.3) is 11.1 Å². The summed E-state index contributed by atoms with van der Waals surface area (Å²) in [6.07, 6.45) is 0.957. The number of methoxy groups -OCH3 is 3. The van der Waals surface area contributed by atoms with Gasteiger partial charge in [-0.05, 0) is 72.9 Å². The van der Waals surface area contributed by atoms with Crippen molar-refractivity contribution in [2.24, 2.45) is 17.8 Å². The topological polar surface area (TPSA) is 140 Å². The Balaban J connectivity index is 2.02. The first-order chi connectivity index (χ1) is 18.2. The Kier molecular flexibility index (Phi) is 9.88. The zero-order valence-corrected chi connectivity index (χ0v) is 22.3. The van der Waals surface area contributed by atoms with Gasteiger partial charge in [0, 0.05) is 18.9 Å². The molecule has 0 spiro atoms. The van der Waals surface area contributed by atoms with Crippen LogP contribution in [0.5, 0.6) is 23.0 Å². The maximum atomic E-state index is 13.3. The first-order valence-electron chi connectivity index (χ1n) is 12.6. The number of fused-ring (bicyclic) bond motifs is 1. The molecule has 0 amide bonds. The Morgan fingerprint density at radius 2 is 1.68 bits per heavy atom. The lowest BCUT2D eigenvalue weighted by Crippen LogP contribution is -2.32. The van der Waals surface area contributed by atoms with Crippen molar-refractivity contribution in [2.75, 3.05) is 34.5 Å². The lowest BCUT2D eigenvalue weighted by atomic mass is 9.72. The molecule has 1 aliphatic carbocycles. The monoisotopic (exact) mass is 528 g/mol. The van der Waals surface area contributed by atoms with E-state index in [4.69, 9.17) is 14.2 Å². The summed E-state index contributed by atoms with van der Waals surface area (Å²) in [5, 5.41) is 30.2. The van der Waals surface area contributed by atoms with Crippen molar-refractivity contribution in [1.29, 1.82) is 0 Å². The van der Waals surface area contributed by atoms with Crippen LogP contribution in [-0.2, 0) is 16.0 Å². The number of hydrogen-bond acceptors (Lipinski definition) is 9. The van der Waals surface area contributed by atoms with Crippen molar-refractivity contribution in [2.45, 2.75) is 39.0 Å². The molecular formula is C29H36O9. The molecule has 3 rings (SSSR count). The third kappa shape index (κ3) is 6.16. The average molecular weight is 529 g/mol. The SMILES string of the molecule is COc1cc(-c2ccc(O)c3c2CC(CC(CCO)C(CO)C(=O)CC(C)=O)CC3=O)cc(OC)c1OC. The summed E-state index contributed by atoms with van der Waals surface area (Å²) in [6.45, 7) is 0.691.